The highest BCUT2D eigenvalue weighted by Crippen LogP contribution is 2.28. The van der Waals surface area contributed by atoms with Crippen molar-refractivity contribution in [2.24, 2.45) is 0 Å². The molecular formula is C13H16ClIN4. The molecule has 0 saturated heterocycles. The number of halogens is 2. The van der Waals surface area contributed by atoms with Crippen molar-refractivity contribution < 1.29 is 0 Å². The summed E-state index contributed by atoms with van der Waals surface area (Å²) in [5.74, 6) is 0.951. The molecule has 2 heterocycles. The standard InChI is InChI=1S/C13H16ClIN4/c1-7(2)11-10(15)12(14)18-13(17-11)9-5-16-19(6-9)8(3)4/h5-8H,1-4H3. The van der Waals surface area contributed by atoms with Gasteiger partial charge in [0.25, 0.3) is 0 Å². The van der Waals surface area contributed by atoms with Gasteiger partial charge in [-0.3, -0.25) is 4.68 Å². The van der Waals surface area contributed by atoms with Crippen LogP contribution in [0.4, 0.5) is 0 Å². The van der Waals surface area contributed by atoms with E-state index in [0.717, 1.165) is 14.8 Å². The monoisotopic (exact) mass is 390 g/mol. The SMILES string of the molecule is CC(C)c1nc(-c2cnn(C(C)C)c2)nc(Cl)c1I. The molecule has 2 aromatic rings. The van der Waals surface area contributed by atoms with E-state index in [4.69, 9.17) is 11.6 Å². The summed E-state index contributed by atoms with van der Waals surface area (Å²) in [6, 6.07) is 0.317. The van der Waals surface area contributed by atoms with Crippen molar-refractivity contribution in [3.05, 3.63) is 26.8 Å². The molecule has 102 valence electrons. The molecule has 0 saturated carbocycles. The summed E-state index contributed by atoms with van der Waals surface area (Å²) >= 11 is 8.39. The predicted molar refractivity (Wildman–Crippen MR) is 85.5 cm³/mol. The Bertz CT molecular complexity index is 592. The lowest BCUT2D eigenvalue weighted by Gasteiger charge is -2.10. The van der Waals surface area contributed by atoms with Gasteiger partial charge in [-0.2, -0.15) is 5.10 Å². The van der Waals surface area contributed by atoms with Crippen LogP contribution >= 0.6 is 34.2 Å². The quantitative estimate of drug-likeness (QED) is 0.579. The first-order valence-electron chi connectivity index (χ1n) is 6.17. The third kappa shape index (κ3) is 3.08. The Morgan fingerprint density at radius 2 is 1.89 bits per heavy atom. The van der Waals surface area contributed by atoms with E-state index in [9.17, 15) is 0 Å². The van der Waals surface area contributed by atoms with E-state index in [0.29, 0.717) is 22.9 Å². The number of hydrogen-bond donors (Lipinski definition) is 0. The molecular weight excluding hydrogens is 375 g/mol. The van der Waals surface area contributed by atoms with Crippen LogP contribution in [0, 0.1) is 3.57 Å². The van der Waals surface area contributed by atoms with Crippen molar-refractivity contribution in [3.63, 3.8) is 0 Å². The summed E-state index contributed by atoms with van der Waals surface area (Å²) in [7, 11) is 0. The fourth-order valence-corrected chi connectivity index (χ4v) is 2.72. The molecule has 2 aromatic heterocycles. The van der Waals surface area contributed by atoms with Gasteiger partial charge in [0, 0.05) is 12.2 Å². The fourth-order valence-electron chi connectivity index (χ4n) is 1.68. The average Bonchev–Trinajstić information content (AvgIpc) is 2.81. The molecule has 0 fully saturated rings. The molecule has 0 aromatic carbocycles. The van der Waals surface area contributed by atoms with Crippen LogP contribution in [0.5, 0.6) is 0 Å². The highest BCUT2D eigenvalue weighted by Gasteiger charge is 2.15. The molecule has 0 N–H and O–H groups in total. The molecule has 0 aliphatic heterocycles. The lowest BCUT2D eigenvalue weighted by Crippen LogP contribution is -2.02. The first-order valence-corrected chi connectivity index (χ1v) is 7.63. The summed E-state index contributed by atoms with van der Waals surface area (Å²) in [6.07, 6.45) is 3.73. The maximum Gasteiger partial charge on any atom is 0.164 e. The van der Waals surface area contributed by atoms with Crippen molar-refractivity contribution in [1.29, 1.82) is 0 Å². The summed E-state index contributed by atoms with van der Waals surface area (Å²) in [5, 5.41) is 4.82. The van der Waals surface area contributed by atoms with Crippen LogP contribution < -0.4 is 0 Å². The number of nitrogens with zero attached hydrogens (tertiary/aromatic N) is 4. The molecule has 19 heavy (non-hydrogen) atoms. The summed E-state index contributed by atoms with van der Waals surface area (Å²) in [6.45, 7) is 8.36. The summed E-state index contributed by atoms with van der Waals surface area (Å²) < 4.78 is 2.81. The minimum atomic E-state index is 0.311. The smallest absolute Gasteiger partial charge is 0.164 e. The van der Waals surface area contributed by atoms with Crippen molar-refractivity contribution >= 4 is 34.2 Å². The van der Waals surface area contributed by atoms with Gasteiger partial charge >= 0.3 is 0 Å². The molecule has 0 radical (unpaired) electrons. The Labute approximate surface area is 131 Å². The maximum absolute atomic E-state index is 6.20. The molecule has 0 spiro atoms. The molecule has 0 aliphatic rings. The van der Waals surface area contributed by atoms with E-state index < -0.39 is 0 Å². The second-order valence-corrected chi connectivity index (χ2v) is 6.43. The average molecular weight is 391 g/mol. The molecule has 0 unspecified atom stereocenters. The maximum atomic E-state index is 6.20. The lowest BCUT2D eigenvalue weighted by molar-refractivity contribution is 0.532. The van der Waals surface area contributed by atoms with E-state index >= 15 is 0 Å². The zero-order valence-corrected chi connectivity index (χ0v) is 14.3. The summed E-state index contributed by atoms with van der Waals surface area (Å²) in [5.41, 5.74) is 1.88. The predicted octanol–water partition coefficient (Wildman–Crippen LogP) is 4.30. The van der Waals surface area contributed by atoms with E-state index in [1.807, 2.05) is 10.9 Å². The first-order chi connectivity index (χ1) is 8.90. The Morgan fingerprint density at radius 1 is 1.21 bits per heavy atom. The number of aromatic nitrogens is 4. The Balaban J connectivity index is 2.50. The van der Waals surface area contributed by atoms with Gasteiger partial charge in [0.2, 0.25) is 0 Å². The molecule has 0 amide bonds. The van der Waals surface area contributed by atoms with Gasteiger partial charge < -0.3 is 0 Å². The van der Waals surface area contributed by atoms with Crippen molar-refractivity contribution in [1.82, 2.24) is 19.7 Å². The molecule has 0 atom stereocenters. The van der Waals surface area contributed by atoms with E-state index in [-0.39, 0.29) is 0 Å². The molecule has 0 aliphatic carbocycles. The minimum absolute atomic E-state index is 0.311. The molecule has 4 nitrogen and oxygen atoms in total. The second kappa shape index (κ2) is 5.75. The zero-order chi connectivity index (χ0) is 14.2. The van der Waals surface area contributed by atoms with Crippen LogP contribution in [0.25, 0.3) is 11.4 Å². The van der Waals surface area contributed by atoms with E-state index in [1.54, 1.807) is 6.20 Å². The lowest BCUT2D eigenvalue weighted by atomic mass is 10.1. The van der Waals surface area contributed by atoms with Crippen LogP contribution in [0.15, 0.2) is 12.4 Å². The fraction of sp³-hybridized carbons (Fsp3) is 0.462. The van der Waals surface area contributed by atoms with Crippen LogP contribution in [-0.4, -0.2) is 19.7 Å². The highest BCUT2D eigenvalue weighted by molar-refractivity contribution is 14.1. The zero-order valence-electron chi connectivity index (χ0n) is 11.4. The van der Waals surface area contributed by atoms with Gasteiger partial charge in [0.15, 0.2) is 5.82 Å². The Kier molecular flexibility index (Phi) is 4.45. The molecule has 6 heteroatoms. The van der Waals surface area contributed by atoms with Gasteiger partial charge in [-0.25, -0.2) is 9.97 Å². The third-order valence-corrected chi connectivity index (χ3v) is 4.43. The largest absolute Gasteiger partial charge is 0.270 e. The summed E-state index contributed by atoms with van der Waals surface area (Å²) in [4.78, 5) is 8.97. The number of hydrogen-bond acceptors (Lipinski definition) is 3. The van der Waals surface area contributed by atoms with Crippen LogP contribution in [0.1, 0.15) is 45.3 Å². The van der Waals surface area contributed by atoms with E-state index in [2.05, 4.69) is 65.4 Å². The Morgan fingerprint density at radius 3 is 2.42 bits per heavy atom. The first kappa shape index (κ1) is 14.7. The third-order valence-electron chi connectivity index (χ3n) is 2.77. The van der Waals surface area contributed by atoms with Gasteiger partial charge in [-0.1, -0.05) is 25.4 Å². The van der Waals surface area contributed by atoms with Crippen LogP contribution in [-0.2, 0) is 0 Å². The second-order valence-electron chi connectivity index (χ2n) is 4.99. The Hall–Kier alpha value is -0.690. The molecule has 0 bridgehead atoms. The van der Waals surface area contributed by atoms with Gasteiger partial charge in [-0.15, -0.1) is 0 Å². The minimum Gasteiger partial charge on any atom is -0.270 e. The van der Waals surface area contributed by atoms with E-state index in [1.165, 1.54) is 0 Å². The highest BCUT2D eigenvalue weighted by atomic mass is 127. The van der Waals surface area contributed by atoms with Crippen LogP contribution in [0.2, 0.25) is 5.15 Å². The van der Waals surface area contributed by atoms with Gasteiger partial charge in [0.1, 0.15) is 5.15 Å². The van der Waals surface area contributed by atoms with Crippen molar-refractivity contribution in [2.75, 3.05) is 0 Å². The number of rotatable bonds is 3. The normalized spacial score (nSPS) is 11.6. The van der Waals surface area contributed by atoms with Crippen molar-refractivity contribution in [3.8, 4) is 11.4 Å². The van der Waals surface area contributed by atoms with Gasteiger partial charge in [-0.05, 0) is 42.4 Å². The van der Waals surface area contributed by atoms with Gasteiger partial charge in [0.05, 0.1) is 21.0 Å². The van der Waals surface area contributed by atoms with Crippen LogP contribution in [0.3, 0.4) is 0 Å². The van der Waals surface area contributed by atoms with Crippen molar-refractivity contribution in [2.45, 2.75) is 39.7 Å². The molecule has 2 rings (SSSR count). The topological polar surface area (TPSA) is 43.6 Å².